The number of hydrogen-bond donors (Lipinski definition) is 1. The van der Waals surface area contributed by atoms with Crippen LogP contribution in [0.3, 0.4) is 0 Å². The maximum Gasteiger partial charge on any atom is 0.471 e. The van der Waals surface area contributed by atoms with Gasteiger partial charge in [0.1, 0.15) is 0 Å². The number of ketones is 1. The van der Waals surface area contributed by atoms with Gasteiger partial charge in [-0.3, -0.25) is 9.59 Å². The summed E-state index contributed by atoms with van der Waals surface area (Å²) >= 11 is 0. The van der Waals surface area contributed by atoms with Gasteiger partial charge in [0, 0.05) is 24.0 Å². The lowest BCUT2D eigenvalue weighted by molar-refractivity contribution is -0.192. The van der Waals surface area contributed by atoms with Gasteiger partial charge in [-0.25, -0.2) is 0 Å². The number of fused-ring (bicyclic) bond motifs is 6. The van der Waals surface area contributed by atoms with E-state index >= 15 is 0 Å². The summed E-state index contributed by atoms with van der Waals surface area (Å²) in [4.78, 5) is 27.7. The lowest BCUT2D eigenvalue weighted by atomic mass is 9.56. The van der Waals surface area contributed by atoms with Gasteiger partial charge >= 0.3 is 12.1 Å². The number of ether oxygens (including phenoxy) is 1. The van der Waals surface area contributed by atoms with E-state index in [1.807, 2.05) is 20.8 Å². The Bertz CT molecular complexity index is 1100. The van der Waals surface area contributed by atoms with E-state index in [1.165, 1.54) is 5.57 Å². The minimum absolute atomic E-state index is 0.0727. The van der Waals surface area contributed by atoms with E-state index in [0.717, 1.165) is 35.3 Å². The molecule has 2 heterocycles. The van der Waals surface area contributed by atoms with Gasteiger partial charge in [-0.1, -0.05) is 32.4 Å². The molecule has 6 aliphatic rings. The summed E-state index contributed by atoms with van der Waals surface area (Å²) in [5.74, 6) is -1.80. The van der Waals surface area contributed by atoms with Crippen LogP contribution < -0.4 is 0 Å². The van der Waals surface area contributed by atoms with Crippen molar-refractivity contribution in [1.82, 2.24) is 4.90 Å². The van der Waals surface area contributed by atoms with Crippen molar-refractivity contribution < 1.29 is 32.6 Å². The SMILES string of the molecule is CC1=C2C(=O)[C@H]3[C@@H](CC=C4C[C@@H](O)CC[C@@]43C)[C@@H]2CC[C@]12O[C@@H]1C[C@H](C)CN(C(=O)C(F)(F)F)[C@H]1[C@H]2C. The van der Waals surface area contributed by atoms with Crippen LogP contribution in [0.4, 0.5) is 13.2 Å². The van der Waals surface area contributed by atoms with Crippen molar-refractivity contribution in [1.29, 1.82) is 0 Å². The second-order valence-corrected chi connectivity index (χ2v) is 13.1. The number of Topliss-reactive ketones (excluding diaryl/α,β-unsaturated/α-hetero) is 1. The first-order valence-electron chi connectivity index (χ1n) is 14.0. The van der Waals surface area contributed by atoms with E-state index in [9.17, 15) is 27.9 Å². The number of hydrogen-bond acceptors (Lipinski definition) is 4. The number of aliphatic hydroxyl groups is 1. The Labute approximate surface area is 216 Å². The van der Waals surface area contributed by atoms with Gasteiger partial charge in [0.2, 0.25) is 0 Å². The first kappa shape index (κ1) is 25.6. The lowest BCUT2D eigenvalue weighted by Crippen LogP contribution is -2.57. The van der Waals surface area contributed by atoms with Crippen LogP contribution in [0.15, 0.2) is 22.8 Å². The highest BCUT2D eigenvalue weighted by Crippen LogP contribution is 2.64. The molecular formula is C29H38F3NO4. The van der Waals surface area contributed by atoms with Gasteiger partial charge in [-0.05, 0) is 80.6 Å². The molecule has 2 aliphatic heterocycles. The van der Waals surface area contributed by atoms with Gasteiger partial charge in [0.15, 0.2) is 5.78 Å². The zero-order valence-corrected chi connectivity index (χ0v) is 22.1. The topological polar surface area (TPSA) is 66.8 Å². The Morgan fingerprint density at radius 2 is 1.95 bits per heavy atom. The number of piperidine rings is 1. The standard InChI is InChI=1S/C29H38F3NO4/c1-14-11-21-24(33(13-14)26(36)29(30,31)32)16(3)28(37-21)10-8-19-20-6-5-17-12-18(34)7-9-27(17,4)23(20)25(35)22(19)15(28)2/h5,14,16,18-21,23-24,34H,6-13H2,1-4H3/t14-,16+,18-,19-,20-,21+,23+,24-,27-,28-/m0/s1. The number of allylic oxidation sites excluding steroid dienone is 2. The molecule has 204 valence electrons. The summed E-state index contributed by atoms with van der Waals surface area (Å²) in [5, 5.41) is 10.3. The zero-order chi connectivity index (χ0) is 26.7. The Morgan fingerprint density at radius 1 is 1.22 bits per heavy atom. The van der Waals surface area contributed by atoms with Crippen molar-refractivity contribution in [3.05, 3.63) is 22.8 Å². The monoisotopic (exact) mass is 521 g/mol. The average molecular weight is 522 g/mol. The summed E-state index contributed by atoms with van der Waals surface area (Å²) in [6.07, 6.45) is 1.51. The van der Waals surface area contributed by atoms with E-state index in [4.69, 9.17) is 4.74 Å². The van der Waals surface area contributed by atoms with Gasteiger partial charge in [-0.2, -0.15) is 13.2 Å². The molecule has 0 unspecified atom stereocenters. The molecule has 4 fully saturated rings. The van der Waals surface area contributed by atoms with Crippen LogP contribution in [0.25, 0.3) is 0 Å². The molecule has 2 saturated heterocycles. The number of aliphatic hydroxyl groups excluding tert-OH is 1. The molecule has 10 atom stereocenters. The highest BCUT2D eigenvalue weighted by molar-refractivity contribution is 6.02. The summed E-state index contributed by atoms with van der Waals surface area (Å²) in [7, 11) is 0. The third-order valence-corrected chi connectivity index (χ3v) is 11.2. The van der Waals surface area contributed by atoms with E-state index < -0.39 is 29.8 Å². The maximum absolute atomic E-state index is 14.2. The molecule has 1 amide bonds. The quantitative estimate of drug-likeness (QED) is 0.457. The van der Waals surface area contributed by atoms with E-state index in [-0.39, 0.29) is 53.4 Å². The molecular weight excluding hydrogens is 483 g/mol. The summed E-state index contributed by atoms with van der Waals surface area (Å²) in [6.45, 7) is 8.01. The zero-order valence-electron chi connectivity index (χ0n) is 22.1. The van der Waals surface area contributed by atoms with Crippen LogP contribution in [-0.2, 0) is 14.3 Å². The van der Waals surface area contributed by atoms with E-state index in [1.54, 1.807) is 0 Å². The fraction of sp³-hybridized carbons (Fsp3) is 0.793. The third kappa shape index (κ3) is 3.43. The van der Waals surface area contributed by atoms with Crippen molar-refractivity contribution in [2.24, 2.45) is 35.0 Å². The van der Waals surface area contributed by atoms with E-state index in [2.05, 4.69) is 13.0 Å². The number of halogens is 3. The molecule has 0 aromatic rings. The Hall–Kier alpha value is -1.67. The smallest absolute Gasteiger partial charge is 0.393 e. The normalized spacial score (nSPS) is 47.4. The van der Waals surface area contributed by atoms with Crippen molar-refractivity contribution >= 4 is 11.7 Å². The van der Waals surface area contributed by atoms with Crippen LogP contribution in [0.1, 0.15) is 72.6 Å². The number of amides is 1. The van der Waals surface area contributed by atoms with Crippen molar-refractivity contribution in [3.63, 3.8) is 0 Å². The van der Waals surface area contributed by atoms with Gasteiger partial charge in [-0.15, -0.1) is 0 Å². The maximum atomic E-state index is 14.2. The minimum Gasteiger partial charge on any atom is -0.393 e. The summed E-state index contributed by atoms with van der Waals surface area (Å²) < 4.78 is 47.3. The number of alkyl halides is 3. The lowest BCUT2D eigenvalue weighted by Gasteiger charge is -2.48. The van der Waals surface area contributed by atoms with Gasteiger partial charge in [0.05, 0.1) is 23.9 Å². The predicted octanol–water partition coefficient (Wildman–Crippen LogP) is 4.98. The third-order valence-electron chi connectivity index (χ3n) is 11.2. The Morgan fingerprint density at radius 3 is 2.65 bits per heavy atom. The molecule has 1 spiro atoms. The van der Waals surface area contributed by atoms with Crippen LogP contribution in [0, 0.1) is 35.0 Å². The summed E-state index contributed by atoms with van der Waals surface area (Å²) in [5.41, 5.74) is 1.87. The van der Waals surface area contributed by atoms with Crippen LogP contribution in [0.5, 0.6) is 0 Å². The molecule has 0 aromatic heterocycles. The minimum atomic E-state index is -4.92. The molecule has 5 nitrogen and oxygen atoms in total. The van der Waals surface area contributed by atoms with Crippen LogP contribution in [-0.4, -0.2) is 58.3 Å². The van der Waals surface area contributed by atoms with Crippen molar-refractivity contribution in [2.45, 2.75) is 103 Å². The summed E-state index contributed by atoms with van der Waals surface area (Å²) in [6, 6.07) is -0.651. The molecule has 6 rings (SSSR count). The van der Waals surface area contributed by atoms with Crippen LogP contribution >= 0.6 is 0 Å². The molecule has 0 radical (unpaired) electrons. The van der Waals surface area contributed by atoms with Crippen molar-refractivity contribution in [3.8, 4) is 0 Å². The molecule has 4 aliphatic carbocycles. The molecule has 0 aromatic carbocycles. The predicted molar refractivity (Wildman–Crippen MR) is 130 cm³/mol. The molecule has 1 N–H and O–H groups in total. The number of carbonyl (C=O) groups excluding carboxylic acids is 2. The number of likely N-dealkylation sites (tertiary alicyclic amines) is 1. The molecule has 0 bridgehead atoms. The van der Waals surface area contributed by atoms with Crippen molar-refractivity contribution in [2.75, 3.05) is 6.54 Å². The first-order chi connectivity index (χ1) is 17.3. The number of carbonyl (C=O) groups is 2. The largest absolute Gasteiger partial charge is 0.471 e. The molecule has 2 saturated carbocycles. The average Bonchev–Trinajstić information content (AvgIpc) is 3.27. The molecule has 8 heteroatoms. The van der Waals surface area contributed by atoms with Gasteiger partial charge in [0.25, 0.3) is 0 Å². The van der Waals surface area contributed by atoms with Crippen LogP contribution in [0.2, 0.25) is 0 Å². The second kappa shape index (κ2) is 8.17. The van der Waals surface area contributed by atoms with E-state index in [0.29, 0.717) is 25.7 Å². The fourth-order valence-corrected chi connectivity index (χ4v) is 9.56. The number of nitrogens with zero attached hydrogens (tertiary/aromatic N) is 1. The Kier molecular flexibility index (Phi) is 5.65. The first-order valence-corrected chi connectivity index (χ1v) is 14.0. The highest BCUT2D eigenvalue weighted by Gasteiger charge is 2.65. The fourth-order valence-electron chi connectivity index (χ4n) is 9.56. The number of rotatable bonds is 0. The van der Waals surface area contributed by atoms with Gasteiger partial charge < -0.3 is 14.7 Å². The molecule has 37 heavy (non-hydrogen) atoms. The Balaban J connectivity index is 1.37. The highest BCUT2D eigenvalue weighted by atomic mass is 19.4. The second-order valence-electron chi connectivity index (χ2n) is 13.1.